The number of methoxy groups -OCH3 is 1. The highest BCUT2D eigenvalue weighted by Crippen LogP contribution is 2.35. The molecule has 0 atom stereocenters. The van der Waals surface area contributed by atoms with Gasteiger partial charge in [-0.2, -0.15) is 0 Å². The minimum Gasteiger partial charge on any atom is -0.495 e. The maximum atomic E-state index is 13.2. The molecule has 2 aromatic carbocycles. The van der Waals surface area contributed by atoms with Crippen LogP contribution in [0.25, 0.3) is 0 Å². The molecule has 0 aliphatic heterocycles. The predicted octanol–water partition coefficient (Wildman–Crippen LogP) is 4.06. The van der Waals surface area contributed by atoms with Crippen LogP contribution in [0.2, 0.25) is 0 Å². The van der Waals surface area contributed by atoms with Crippen molar-refractivity contribution in [1.29, 1.82) is 0 Å². The van der Waals surface area contributed by atoms with Gasteiger partial charge in [-0.3, -0.25) is 14.4 Å². The van der Waals surface area contributed by atoms with Crippen molar-refractivity contribution in [2.75, 3.05) is 11.4 Å². The molecular weight excluding hydrogens is 388 g/mol. The fraction of sp³-hybridized carbons (Fsp3) is 0.111. The summed E-state index contributed by atoms with van der Waals surface area (Å²) in [7, 11) is -2.41. The summed E-state index contributed by atoms with van der Waals surface area (Å²) in [4.78, 5) is 10.5. The van der Waals surface area contributed by atoms with Crippen molar-refractivity contribution in [1.82, 2.24) is 0 Å². The summed E-state index contributed by atoms with van der Waals surface area (Å²) < 4.78 is 33.2. The van der Waals surface area contributed by atoms with Gasteiger partial charge >= 0.3 is 0 Å². The number of rotatable bonds is 7. The molecule has 9 heteroatoms. The molecule has 0 amide bonds. The van der Waals surface area contributed by atoms with Gasteiger partial charge in [-0.15, -0.1) is 11.3 Å². The predicted molar refractivity (Wildman–Crippen MR) is 104 cm³/mol. The van der Waals surface area contributed by atoms with E-state index in [0.717, 1.165) is 11.3 Å². The third-order valence-corrected chi connectivity index (χ3v) is 6.97. The Labute approximate surface area is 160 Å². The van der Waals surface area contributed by atoms with E-state index in [4.69, 9.17) is 4.74 Å². The summed E-state index contributed by atoms with van der Waals surface area (Å²) in [6, 6.07) is 15.9. The highest BCUT2D eigenvalue weighted by atomic mass is 32.2. The number of nitrogens with zero attached hydrogens (tertiary/aromatic N) is 2. The lowest BCUT2D eigenvalue weighted by molar-refractivity contribution is -0.384. The molecule has 0 N–H and O–H groups in total. The second kappa shape index (κ2) is 7.77. The van der Waals surface area contributed by atoms with E-state index in [0.29, 0.717) is 17.0 Å². The Morgan fingerprint density at radius 2 is 1.89 bits per heavy atom. The lowest BCUT2D eigenvalue weighted by Gasteiger charge is -2.25. The van der Waals surface area contributed by atoms with Crippen LogP contribution in [0.3, 0.4) is 0 Å². The Balaban J connectivity index is 2.11. The summed E-state index contributed by atoms with van der Waals surface area (Å²) in [5.41, 5.74) is 0.760. The van der Waals surface area contributed by atoms with Crippen LogP contribution in [-0.2, 0) is 16.6 Å². The number of sulfonamides is 1. The minimum absolute atomic E-state index is 0.0672. The maximum Gasteiger partial charge on any atom is 0.274 e. The standard InChI is InChI=1S/C18H16N2O5S2/c1-25-17-9-3-2-8-16(17)19(27(23,24)18-10-5-11-26-18)13-14-6-4-7-15(12-14)20(21)22/h2-12H,13H2,1H3. The van der Waals surface area contributed by atoms with E-state index in [9.17, 15) is 18.5 Å². The Bertz CT molecular complexity index is 1050. The normalized spacial score (nSPS) is 11.1. The number of para-hydroxylation sites is 2. The van der Waals surface area contributed by atoms with Crippen LogP contribution >= 0.6 is 11.3 Å². The summed E-state index contributed by atoms with van der Waals surface area (Å²) in [6.45, 7) is -0.0672. The van der Waals surface area contributed by atoms with Crippen LogP contribution in [0.15, 0.2) is 70.3 Å². The lowest BCUT2D eigenvalue weighted by atomic mass is 10.2. The first-order chi connectivity index (χ1) is 12.9. The zero-order chi connectivity index (χ0) is 19.4. The molecule has 1 heterocycles. The fourth-order valence-electron chi connectivity index (χ4n) is 2.59. The van der Waals surface area contributed by atoms with Gasteiger partial charge in [-0.1, -0.05) is 30.3 Å². The second-order valence-electron chi connectivity index (χ2n) is 5.54. The largest absolute Gasteiger partial charge is 0.495 e. The molecule has 0 bridgehead atoms. The van der Waals surface area contributed by atoms with Crippen LogP contribution in [-0.4, -0.2) is 20.5 Å². The SMILES string of the molecule is COc1ccccc1N(Cc1cccc([N+](=O)[O-])c1)S(=O)(=O)c1cccs1. The van der Waals surface area contributed by atoms with E-state index >= 15 is 0 Å². The number of benzene rings is 2. The Hall–Kier alpha value is -2.91. The quantitative estimate of drug-likeness (QED) is 0.438. The lowest BCUT2D eigenvalue weighted by Crippen LogP contribution is -2.30. The van der Waals surface area contributed by atoms with Gasteiger partial charge in [0.2, 0.25) is 0 Å². The van der Waals surface area contributed by atoms with Crippen LogP contribution < -0.4 is 9.04 Å². The number of nitro benzene ring substituents is 1. The van der Waals surface area contributed by atoms with Crippen LogP contribution in [0, 0.1) is 10.1 Å². The average molecular weight is 404 g/mol. The average Bonchev–Trinajstić information content (AvgIpc) is 3.22. The maximum absolute atomic E-state index is 13.2. The molecule has 3 aromatic rings. The second-order valence-corrected chi connectivity index (χ2v) is 8.58. The van der Waals surface area contributed by atoms with Crippen molar-refractivity contribution in [3.8, 4) is 5.75 Å². The van der Waals surface area contributed by atoms with E-state index in [1.165, 1.54) is 35.7 Å². The summed E-state index contributed by atoms with van der Waals surface area (Å²) in [6.07, 6.45) is 0. The smallest absolute Gasteiger partial charge is 0.274 e. The Kier molecular flexibility index (Phi) is 5.43. The Morgan fingerprint density at radius 1 is 1.11 bits per heavy atom. The van der Waals surface area contributed by atoms with Gasteiger partial charge in [-0.05, 0) is 29.1 Å². The number of hydrogen-bond donors (Lipinski definition) is 0. The fourth-order valence-corrected chi connectivity index (χ4v) is 5.16. The van der Waals surface area contributed by atoms with Crippen LogP contribution in [0.4, 0.5) is 11.4 Å². The number of non-ortho nitro benzene ring substituents is 1. The molecule has 0 unspecified atom stereocenters. The van der Waals surface area contributed by atoms with E-state index in [2.05, 4.69) is 0 Å². The summed E-state index contributed by atoms with van der Waals surface area (Å²) in [5.74, 6) is 0.392. The molecule has 0 saturated carbocycles. The number of nitro groups is 1. The third-order valence-electron chi connectivity index (χ3n) is 3.84. The van der Waals surface area contributed by atoms with E-state index < -0.39 is 14.9 Å². The van der Waals surface area contributed by atoms with Gasteiger partial charge in [-0.25, -0.2) is 8.42 Å². The zero-order valence-electron chi connectivity index (χ0n) is 14.3. The molecule has 140 valence electrons. The van der Waals surface area contributed by atoms with Gasteiger partial charge < -0.3 is 4.74 Å². The van der Waals surface area contributed by atoms with Gasteiger partial charge in [0.25, 0.3) is 15.7 Å². The van der Waals surface area contributed by atoms with Gasteiger partial charge in [0.05, 0.1) is 24.3 Å². The molecule has 0 aliphatic rings. The van der Waals surface area contributed by atoms with E-state index in [1.54, 1.807) is 41.8 Å². The highest BCUT2D eigenvalue weighted by Gasteiger charge is 2.28. The van der Waals surface area contributed by atoms with Gasteiger partial charge in [0.15, 0.2) is 0 Å². The molecule has 0 spiro atoms. The monoisotopic (exact) mass is 404 g/mol. The van der Waals surface area contributed by atoms with E-state index in [-0.39, 0.29) is 16.4 Å². The number of hydrogen-bond acceptors (Lipinski definition) is 6. The number of thiophene rings is 1. The first kappa shape index (κ1) is 18.9. The van der Waals surface area contributed by atoms with Crippen molar-refractivity contribution < 1.29 is 18.1 Å². The van der Waals surface area contributed by atoms with Gasteiger partial charge in [0, 0.05) is 12.1 Å². The summed E-state index contributed by atoms with van der Waals surface area (Å²) in [5, 5.41) is 12.7. The number of anilines is 1. The molecule has 27 heavy (non-hydrogen) atoms. The van der Waals surface area contributed by atoms with Crippen LogP contribution in [0.1, 0.15) is 5.56 Å². The van der Waals surface area contributed by atoms with Crippen molar-refractivity contribution in [2.45, 2.75) is 10.8 Å². The minimum atomic E-state index is -3.87. The molecular formula is C18H16N2O5S2. The summed E-state index contributed by atoms with van der Waals surface area (Å²) >= 11 is 1.11. The highest BCUT2D eigenvalue weighted by molar-refractivity contribution is 7.94. The molecule has 0 fully saturated rings. The van der Waals surface area contributed by atoms with Crippen molar-refractivity contribution >= 4 is 32.7 Å². The topological polar surface area (TPSA) is 89.8 Å². The van der Waals surface area contributed by atoms with Crippen molar-refractivity contribution in [3.05, 3.63) is 81.7 Å². The first-order valence-electron chi connectivity index (χ1n) is 7.86. The molecule has 7 nitrogen and oxygen atoms in total. The number of ether oxygens (including phenoxy) is 1. The van der Waals surface area contributed by atoms with Crippen molar-refractivity contribution in [2.24, 2.45) is 0 Å². The molecule has 0 aliphatic carbocycles. The zero-order valence-corrected chi connectivity index (χ0v) is 15.9. The van der Waals surface area contributed by atoms with Gasteiger partial charge in [0.1, 0.15) is 9.96 Å². The van der Waals surface area contributed by atoms with E-state index in [1.807, 2.05) is 0 Å². The van der Waals surface area contributed by atoms with Crippen molar-refractivity contribution in [3.63, 3.8) is 0 Å². The molecule has 0 radical (unpaired) electrons. The first-order valence-corrected chi connectivity index (χ1v) is 10.2. The molecule has 3 rings (SSSR count). The molecule has 0 saturated heterocycles. The van der Waals surface area contributed by atoms with Crippen LogP contribution in [0.5, 0.6) is 5.75 Å². The third kappa shape index (κ3) is 3.93. The molecule has 1 aromatic heterocycles. The Morgan fingerprint density at radius 3 is 2.56 bits per heavy atom.